The summed E-state index contributed by atoms with van der Waals surface area (Å²) in [7, 11) is 0. The van der Waals surface area contributed by atoms with Crippen LogP contribution in [0.4, 0.5) is 8.78 Å². The molecule has 0 aliphatic rings. The molecular weight excluding hydrogens is 396 g/mol. The molecule has 3 aromatic rings. The van der Waals surface area contributed by atoms with Crippen LogP contribution in [0.25, 0.3) is 0 Å². The number of thioether (sulfide) groups is 1. The van der Waals surface area contributed by atoms with Gasteiger partial charge in [0.1, 0.15) is 29.9 Å². The fourth-order valence-corrected chi connectivity index (χ4v) is 4.43. The molecule has 0 aliphatic carbocycles. The minimum absolute atomic E-state index is 0.0334. The zero-order valence-corrected chi connectivity index (χ0v) is 16.2. The van der Waals surface area contributed by atoms with Crippen LogP contribution < -0.4 is 4.74 Å². The van der Waals surface area contributed by atoms with Gasteiger partial charge in [-0.1, -0.05) is 17.8 Å². The summed E-state index contributed by atoms with van der Waals surface area (Å²) in [4.78, 5) is 8.08. The topological polar surface area (TPSA) is 86.0 Å². The van der Waals surface area contributed by atoms with Crippen molar-refractivity contribution in [2.75, 3.05) is 6.61 Å². The Kier molecular flexibility index (Phi) is 6.02. The predicted octanol–water partition coefficient (Wildman–Crippen LogP) is 2.88. The molecule has 0 amide bonds. The van der Waals surface area contributed by atoms with Crippen LogP contribution in [0.15, 0.2) is 35.2 Å². The maximum Gasteiger partial charge on any atom is 0.329 e. The van der Waals surface area contributed by atoms with E-state index in [0.717, 1.165) is 23.7 Å². The average Bonchev–Trinajstić information content (AvgIpc) is 3.27. The highest BCUT2D eigenvalue weighted by atomic mass is 32.2. The van der Waals surface area contributed by atoms with Crippen molar-refractivity contribution in [1.29, 1.82) is 0 Å². The molecular formula is C16H17F2N5O2S2. The first-order chi connectivity index (χ1) is 12.9. The second kappa shape index (κ2) is 8.28. The van der Waals surface area contributed by atoms with Gasteiger partial charge in [-0.3, -0.25) is 0 Å². The molecule has 0 fully saturated rings. The van der Waals surface area contributed by atoms with Crippen molar-refractivity contribution < 1.29 is 18.6 Å². The Hall–Kier alpha value is -2.11. The van der Waals surface area contributed by atoms with E-state index in [1.54, 1.807) is 6.92 Å². The van der Waals surface area contributed by atoms with E-state index in [2.05, 4.69) is 19.4 Å². The predicted molar refractivity (Wildman–Crippen MR) is 96.7 cm³/mol. The van der Waals surface area contributed by atoms with E-state index in [4.69, 9.17) is 4.74 Å². The molecule has 144 valence electrons. The summed E-state index contributed by atoms with van der Waals surface area (Å²) in [5, 5.41) is 14.8. The molecule has 0 saturated carbocycles. The molecule has 0 spiro atoms. The van der Waals surface area contributed by atoms with Crippen LogP contribution >= 0.6 is 23.3 Å². The van der Waals surface area contributed by atoms with Crippen molar-refractivity contribution in [3.05, 3.63) is 48.1 Å². The van der Waals surface area contributed by atoms with Gasteiger partial charge < -0.3 is 9.84 Å². The van der Waals surface area contributed by atoms with Gasteiger partial charge in [-0.05, 0) is 31.4 Å². The van der Waals surface area contributed by atoms with Crippen LogP contribution in [0.2, 0.25) is 0 Å². The zero-order valence-electron chi connectivity index (χ0n) is 14.5. The molecule has 1 N–H and O–H groups in total. The third-order valence-electron chi connectivity index (χ3n) is 3.88. The molecule has 3 rings (SSSR count). The van der Waals surface area contributed by atoms with E-state index in [-0.39, 0.29) is 18.1 Å². The molecule has 2 aromatic heterocycles. The molecule has 2 unspecified atom stereocenters. The van der Waals surface area contributed by atoms with Gasteiger partial charge >= 0.3 is 6.01 Å². The lowest BCUT2D eigenvalue weighted by atomic mass is 9.90. The Labute approximate surface area is 162 Å². The van der Waals surface area contributed by atoms with Gasteiger partial charge in [-0.2, -0.15) is 10.1 Å². The SMILES string of the molecule is CCOc1nsc(SC(C)C(O)(Cn2cncn2)c2ccc(F)cc2F)n1. The largest absolute Gasteiger partial charge is 0.463 e. The highest BCUT2D eigenvalue weighted by molar-refractivity contribution is 8.01. The van der Waals surface area contributed by atoms with Gasteiger partial charge in [0.2, 0.25) is 0 Å². The molecule has 2 heterocycles. The number of hydrogen-bond acceptors (Lipinski definition) is 8. The molecule has 1 aromatic carbocycles. The van der Waals surface area contributed by atoms with Crippen molar-refractivity contribution in [2.45, 2.75) is 35.6 Å². The summed E-state index contributed by atoms with van der Waals surface area (Å²) in [6.07, 6.45) is 2.74. The van der Waals surface area contributed by atoms with Gasteiger partial charge in [-0.15, -0.1) is 4.37 Å². The third-order valence-corrected chi connectivity index (χ3v) is 5.92. The van der Waals surface area contributed by atoms with E-state index in [0.29, 0.717) is 10.9 Å². The first-order valence-electron chi connectivity index (χ1n) is 8.06. The number of rotatable bonds is 8. The number of ether oxygens (including phenoxy) is 1. The van der Waals surface area contributed by atoms with Crippen LogP contribution in [-0.2, 0) is 12.1 Å². The van der Waals surface area contributed by atoms with E-state index < -0.39 is 22.5 Å². The second-order valence-electron chi connectivity index (χ2n) is 5.68. The Morgan fingerprint density at radius 1 is 1.41 bits per heavy atom. The summed E-state index contributed by atoms with van der Waals surface area (Å²) in [5.41, 5.74) is -1.73. The third kappa shape index (κ3) is 4.42. The first-order valence-corrected chi connectivity index (χ1v) is 9.71. The monoisotopic (exact) mass is 413 g/mol. The van der Waals surface area contributed by atoms with Gasteiger partial charge in [0.25, 0.3) is 0 Å². The molecule has 11 heteroatoms. The van der Waals surface area contributed by atoms with E-state index in [9.17, 15) is 13.9 Å². The highest BCUT2D eigenvalue weighted by Crippen LogP contribution is 2.40. The van der Waals surface area contributed by atoms with E-state index in [1.807, 2.05) is 6.92 Å². The van der Waals surface area contributed by atoms with Gasteiger partial charge in [0.05, 0.1) is 13.2 Å². The summed E-state index contributed by atoms with van der Waals surface area (Å²) >= 11 is 2.34. The Bertz CT molecular complexity index is 893. The molecule has 0 bridgehead atoms. The molecule has 27 heavy (non-hydrogen) atoms. The molecule has 0 aliphatic heterocycles. The van der Waals surface area contributed by atoms with Crippen molar-refractivity contribution in [2.24, 2.45) is 0 Å². The molecule has 0 radical (unpaired) electrons. The number of aromatic nitrogens is 5. The smallest absolute Gasteiger partial charge is 0.329 e. The quantitative estimate of drug-likeness (QED) is 0.568. The highest BCUT2D eigenvalue weighted by Gasteiger charge is 2.40. The maximum absolute atomic E-state index is 14.5. The molecule has 0 saturated heterocycles. The van der Waals surface area contributed by atoms with Gasteiger partial charge in [-0.25, -0.2) is 18.4 Å². The zero-order chi connectivity index (χ0) is 19.4. The minimum atomic E-state index is -1.70. The normalized spacial score (nSPS) is 14.7. The number of hydrogen-bond donors (Lipinski definition) is 1. The first kappa shape index (κ1) is 19.6. The fraction of sp³-hybridized carbons (Fsp3) is 0.375. The minimum Gasteiger partial charge on any atom is -0.463 e. The lowest BCUT2D eigenvalue weighted by molar-refractivity contribution is 0.0133. The molecule has 2 atom stereocenters. The summed E-state index contributed by atoms with van der Waals surface area (Å²) in [5.74, 6) is -1.55. The molecule has 7 nitrogen and oxygen atoms in total. The average molecular weight is 413 g/mol. The van der Waals surface area contributed by atoms with Crippen molar-refractivity contribution in [1.82, 2.24) is 24.1 Å². The number of benzene rings is 1. The van der Waals surface area contributed by atoms with E-state index in [1.165, 1.54) is 35.2 Å². The fourth-order valence-electron chi connectivity index (χ4n) is 2.52. The van der Waals surface area contributed by atoms with Crippen LogP contribution in [0.3, 0.4) is 0 Å². The summed E-state index contributed by atoms with van der Waals surface area (Å²) < 4.78 is 39.1. The second-order valence-corrected chi connectivity index (χ2v) is 8.02. The van der Waals surface area contributed by atoms with Crippen LogP contribution in [-0.4, -0.2) is 41.1 Å². The van der Waals surface area contributed by atoms with Crippen LogP contribution in [0.5, 0.6) is 6.01 Å². The van der Waals surface area contributed by atoms with Crippen LogP contribution in [0, 0.1) is 11.6 Å². The van der Waals surface area contributed by atoms with Crippen LogP contribution in [0.1, 0.15) is 19.4 Å². The Morgan fingerprint density at radius 2 is 2.22 bits per heavy atom. The van der Waals surface area contributed by atoms with Gasteiger partial charge in [0.15, 0.2) is 4.34 Å². The lowest BCUT2D eigenvalue weighted by Gasteiger charge is -2.33. The Balaban J connectivity index is 1.92. The summed E-state index contributed by atoms with van der Waals surface area (Å²) in [6.45, 7) is 3.92. The number of nitrogens with zero attached hydrogens (tertiary/aromatic N) is 5. The Morgan fingerprint density at radius 3 is 2.89 bits per heavy atom. The maximum atomic E-state index is 14.5. The lowest BCUT2D eigenvalue weighted by Crippen LogP contribution is -2.41. The summed E-state index contributed by atoms with van der Waals surface area (Å²) in [6, 6.07) is 3.35. The van der Waals surface area contributed by atoms with Crippen molar-refractivity contribution in [3.63, 3.8) is 0 Å². The van der Waals surface area contributed by atoms with Gasteiger partial charge in [0, 0.05) is 16.9 Å². The van der Waals surface area contributed by atoms with Crippen molar-refractivity contribution in [3.8, 4) is 6.01 Å². The van der Waals surface area contributed by atoms with Crippen molar-refractivity contribution >= 4 is 23.3 Å². The standard InChI is InChI=1S/C16H17F2N5O2S2/c1-3-25-14-21-15(27-22-14)26-10(2)16(24,7-23-9-19-8-20-23)12-5-4-11(17)6-13(12)18/h4-6,8-10,24H,3,7H2,1-2H3. The number of halogens is 2. The van der Waals surface area contributed by atoms with E-state index >= 15 is 0 Å². The number of aliphatic hydroxyl groups is 1.